The molecule has 2 aromatic rings. The molecule has 4 rings (SSSR count). The molecule has 1 fully saturated rings. The van der Waals surface area contributed by atoms with Crippen molar-refractivity contribution in [1.29, 1.82) is 0 Å². The SMILES string of the molecule is CN(C[C@H]1COc2ccccc2O1)C(=O)[C@H]1CCCN(S(=O)(=O)c2cccs2)C1. The summed E-state index contributed by atoms with van der Waals surface area (Å²) in [5.41, 5.74) is 0. The number of thiophene rings is 1. The highest BCUT2D eigenvalue weighted by Crippen LogP contribution is 2.31. The van der Waals surface area contributed by atoms with Gasteiger partial charge in [-0.15, -0.1) is 11.3 Å². The predicted octanol–water partition coefficient (Wildman–Crippen LogP) is 2.45. The highest BCUT2D eigenvalue weighted by Gasteiger charge is 2.35. The van der Waals surface area contributed by atoms with E-state index >= 15 is 0 Å². The van der Waals surface area contributed by atoms with Crippen LogP contribution in [-0.4, -0.2) is 62.9 Å². The minimum Gasteiger partial charge on any atom is -0.486 e. The lowest BCUT2D eigenvalue weighted by Gasteiger charge is -2.34. The minimum atomic E-state index is -3.54. The second kappa shape index (κ2) is 8.33. The zero-order valence-corrected chi connectivity index (χ0v) is 17.8. The Bertz CT molecular complexity index is 961. The number of sulfonamides is 1. The quantitative estimate of drug-likeness (QED) is 0.720. The van der Waals surface area contributed by atoms with Crippen molar-refractivity contribution in [2.45, 2.75) is 23.2 Å². The highest BCUT2D eigenvalue weighted by molar-refractivity contribution is 7.91. The molecule has 1 aromatic carbocycles. The average molecular weight is 437 g/mol. The molecule has 1 amide bonds. The van der Waals surface area contributed by atoms with Crippen LogP contribution in [0.15, 0.2) is 46.0 Å². The number of hydrogen-bond acceptors (Lipinski definition) is 6. The van der Waals surface area contributed by atoms with Gasteiger partial charge in [0.2, 0.25) is 5.91 Å². The smallest absolute Gasteiger partial charge is 0.252 e. The second-order valence-corrected chi connectivity index (χ2v) is 10.5. The summed E-state index contributed by atoms with van der Waals surface area (Å²) >= 11 is 1.20. The molecule has 2 aliphatic rings. The molecular weight excluding hydrogens is 412 g/mol. The summed E-state index contributed by atoms with van der Waals surface area (Å²) in [6, 6.07) is 10.8. The van der Waals surface area contributed by atoms with Gasteiger partial charge in [0, 0.05) is 20.1 Å². The van der Waals surface area contributed by atoms with Crippen LogP contribution in [0.4, 0.5) is 0 Å². The van der Waals surface area contributed by atoms with Crippen LogP contribution < -0.4 is 9.47 Å². The van der Waals surface area contributed by atoms with E-state index in [1.54, 1.807) is 29.5 Å². The number of rotatable bonds is 5. The summed E-state index contributed by atoms with van der Waals surface area (Å²) in [6.45, 7) is 1.43. The Morgan fingerprint density at radius 3 is 2.79 bits per heavy atom. The molecule has 29 heavy (non-hydrogen) atoms. The molecule has 156 valence electrons. The van der Waals surface area contributed by atoms with Crippen molar-refractivity contribution >= 4 is 27.3 Å². The Morgan fingerprint density at radius 2 is 2.03 bits per heavy atom. The zero-order valence-electron chi connectivity index (χ0n) is 16.2. The summed E-state index contributed by atoms with van der Waals surface area (Å²) in [7, 11) is -1.80. The van der Waals surface area contributed by atoms with Crippen LogP contribution in [0.2, 0.25) is 0 Å². The van der Waals surface area contributed by atoms with Gasteiger partial charge >= 0.3 is 0 Å². The number of para-hydroxylation sites is 2. The van der Waals surface area contributed by atoms with Crippen molar-refractivity contribution in [3.8, 4) is 11.5 Å². The van der Waals surface area contributed by atoms with Gasteiger partial charge in [0.05, 0.1) is 12.5 Å². The first kappa shape index (κ1) is 20.2. The molecule has 2 aliphatic heterocycles. The van der Waals surface area contributed by atoms with Gasteiger partial charge in [0.25, 0.3) is 10.0 Å². The van der Waals surface area contributed by atoms with Crippen molar-refractivity contribution in [2.75, 3.05) is 33.3 Å². The summed E-state index contributed by atoms with van der Waals surface area (Å²) < 4.78 is 39.0. The Labute approximate surface area is 174 Å². The summed E-state index contributed by atoms with van der Waals surface area (Å²) in [5, 5.41) is 1.75. The van der Waals surface area contributed by atoms with Crippen molar-refractivity contribution in [1.82, 2.24) is 9.21 Å². The summed E-state index contributed by atoms with van der Waals surface area (Å²) in [4.78, 5) is 14.6. The number of hydrogen-bond donors (Lipinski definition) is 0. The molecule has 7 nitrogen and oxygen atoms in total. The van der Waals surface area contributed by atoms with Gasteiger partial charge in [-0.1, -0.05) is 18.2 Å². The lowest BCUT2D eigenvalue weighted by atomic mass is 9.98. The Balaban J connectivity index is 1.38. The molecule has 0 spiro atoms. The number of piperidine rings is 1. The second-order valence-electron chi connectivity index (χ2n) is 7.35. The molecule has 9 heteroatoms. The van der Waals surface area contributed by atoms with Crippen LogP contribution in [-0.2, 0) is 14.8 Å². The number of likely N-dealkylation sites (N-methyl/N-ethyl adjacent to an activating group) is 1. The topological polar surface area (TPSA) is 76.2 Å². The number of fused-ring (bicyclic) bond motifs is 1. The minimum absolute atomic E-state index is 0.0569. The molecule has 0 aliphatic carbocycles. The van der Waals surface area contributed by atoms with Crippen molar-refractivity contribution in [3.63, 3.8) is 0 Å². The maximum Gasteiger partial charge on any atom is 0.252 e. The molecule has 1 saturated heterocycles. The first-order valence-corrected chi connectivity index (χ1v) is 11.9. The van der Waals surface area contributed by atoms with E-state index in [1.165, 1.54) is 15.6 Å². The third-order valence-electron chi connectivity index (χ3n) is 5.24. The van der Waals surface area contributed by atoms with E-state index in [-0.39, 0.29) is 24.5 Å². The van der Waals surface area contributed by atoms with E-state index in [0.717, 1.165) is 0 Å². The molecule has 0 unspecified atom stereocenters. The number of benzene rings is 1. The number of ether oxygens (including phenoxy) is 2. The first-order chi connectivity index (χ1) is 13.9. The van der Waals surface area contributed by atoms with Gasteiger partial charge in [-0.25, -0.2) is 8.42 Å². The maximum absolute atomic E-state index is 13.0. The van der Waals surface area contributed by atoms with Gasteiger partial charge in [-0.05, 0) is 36.4 Å². The molecule has 3 heterocycles. The van der Waals surface area contributed by atoms with Crippen LogP contribution in [0.3, 0.4) is 0 Å². The maximum atomic E-state index is 13.0. The largest absolute Gasteiger partial charge is 0.486 e. The van der Waals surface area contributed by atoms with Crippen LogP contribution in [0.25, 0.3) is 0 Å². The third kappa shape index (κ3) is 4.26. The summed E-state index contributed by atoms with van der Waals surface area (Å²) in [5.74, 6) is 0.980. The Hall–Kier alpha value is -2.10. The van der Waals surface area contributed by atoms with E-state index in [4.69, 9.17) is 9.47 Å². The number of nitrogens with zero attached hydrogens (tertiary/aromatic N) is 2. The van der Waals surface area contributed by atoms with Gasteiger partial charge in [0.15, 0.2) is 17.6 Å². The number of carbonyl (C=O) groups is 1. The molecule has 1 aromatic heterocycles. The Morgan fingerprint density at radius 1 is 1.24 bits per heavy atom. The van der Waals surface area contributed by atoms with Crippen molar-refractivity contribution in [2.24, 2.45) is 5.92 Å². The van der Waals surface area contributed by atoms with Crippen molar-refractivity contribution in [3.05, 3.63) is 41.8 Å². The van der Waals surface area contributed by atoms with E-state index in [1.807, 2.05) is 24.3 Å². The fraction of sp³-hybridized carbons (Fsp3) is 0.450. The van der Waals surface area contributed by atoms with E-state index in [0.29, 0.717) is 48.2 Å². The lowest BCUT2D eigenvalue weighted by Crippen LogP contribution is -2.48. The lowest BCUT2D eigenvalue weighted by molar-refractivity contribution is -0.136. The third-order valence-corrected chi connectivity index (χ3v) is 8.48. The predicted molar refractivity (Wildman–Crippen MR) is 110 cm³/mol. The first-order valence-electron chi connectivity index (χ1n) is 9.62. The molecule has 0 N–H and O–H groups in total. The van der Waals surface area contributed by atoms with Crippen LogP contribution in [0.1, 0.15) is 12.8 Å². The fourth-order valence-electron chi connectivity index (χ4n) is 3.76. The molecule has 0 bridgehead atoms. The van der Waals surface area contributed by atoms with Crippen LogP contribution in [0, 0.1) is 5.92 Å². The number of amides is 1. The molecule has 0 saturated carbocycles. The average Bonchev–Trinajstić information content (AvgIpc) is 3.29. The van der Waals surface area contributed by atoms with E-state index in [2.05, 4.69) is 0 Å². The van der Waals surface area contributed by atoms with Crippen LogP contribution >= 0.6 is 11.3 Å². The molecule has 0 radical (unpaired) electrons. The van der Waals surface area contributed by atoms with Gasteiger partial charge in [-0.2, -0.15) is 4.31 Å². The highest BCUT2D eigenvalue weighted by atomic mass is 32.2. The van der Waals surface area contributed by atoms with Gasteiger partial charge in [-0.3, -0.25) is 4.79 Å². The summed E-state index contributed by atoms with van der Waals surface area (Å²) in [6.07, 6.45) is 1.10. The van der Waals surface area contributed by atoms with Crippen LogP contribution in [0.5, 0.6) is 11.5 Å². The Kier molecular flexibility index (Phi) is 5.80. The monoisotopic (exact) mass is 436 g/mol. The number of carbonyl (C=O) groups excluding carboxylic acids is 1. The van der Waals surface area contributed by atoms with E-state index < -0.39 is 10.0 Å². The zero-order chi connectivity index (χ0) is 20.4. The fourth-order valence-corrected chi connectivity index (χ4v) is 6.43. The standard InChI is InChI=1S/C20H24N2O5S2/c1-21(13-16-14-26-17-7-2-3-8-18(17)27-16)20(23)15-6-4-10-22(12-15)29(24,25)19-9-5-11-28-19/h2-3,5,7-9,11,15-16H,4,6,10,12-14H2,1H3/t15-,16-/m0/s1. The van der Waals surface area contributed by atoms with E-state index in [9.17, 15) is 13.2 Å². The molecular formula is C20H24N2O5S2. The van der Waals surface area contributed by atoms with Gasteiger partial charge < -0.3 is 14.4 Å². The van der Waals surface area contributed by atoms with Gasteiger partial charge in [0.1, 0.15) is 10.8 Å². The molecule has 2 atom stereocenters. The van der Waals surface area contributed by atoms with Crippen molar-refractivity contribution < 1.29 is 22.7 Å². The normalized spacial score (nSPS) is 22.2.